The predicted molar refractivity (Wildman–Crippen MR) is 60.8 cm³/mol. The Labute approximate surface area is 100 Å². The van der Waals surface area contributed by atoms with E-state index in [9.17, 15) is 13.2 Å². The molecule has 0 amide bonds. The summed E-state index contributed by atoms with van der Waals surface area (Å²) in [7, 11) is 1.41. The van der Waals surface area contributed by atoms with E-state index in [0.29, 0.717) is 22.2 Å². The van der Waals surface area contributed by atoms with E-state index < -0.39 is 11.7 Å². The van der Waals surface area contributed by atoms with Crippen LogP contribution in [0.4, 0.5) is 13.2 Å². The van der Waals surface area contributed by atoms with Crippen LogP contribution in [0.25, 0.3) is 5.57 Å². The third-order valence-corrected chi connectivity index (χ3v) is 2.75. The van der Waals surface area contributed by atoms with E-state index in [2.05, 4.69) is 22.5 Å². The van der Waals surface area contributed by atoms with Crippen molar-refractivity contribution in [2.24, 2.45) is 0 Å². The number of hydrogen-bond acceptors (Lipinski definition) is 1. The summed E-state index contributed by atoms with van der Waals surface area (Å²) >= 11 is 3.15. The first kappa shape index (κ1) is 13.1. The third-order valence-electron chi connectivity index (χ3n) is 2.07. The molecular formula is C11H10BrF3O. The Morgan fingerprint density at radius 1 is 1.44 bits per heavy atom. The molecule has 0 unspecified atom stereocenters. The normalized spacial score (nSPS) is 11.3. The molecule has 0 aliphatic carbocycles. The maximum absolute atomic E-state index is 12.5. The van der Waals surface area contributed by atoms with E-state index in [1.165, 1.54) is 13.2 Å². The van der Waals surface area contributed by atoms with E-state index in [4.69, 9.17) is 4.74 Å². The van der Waals surface area contributed by atoms with Gasteiger partial charge in [-0.15, -0.1) is 0 Å². The molecule has 0 fully saturated rings. The smallest absolute Gasteiger partial charge is 0.416 e. The summed E-state index contributed by atoms with van der Waals surface area (Å²) in [5.74, 6) is 0.387. The van der Waals surface area contributed by atoms with Crippen LogP contribution in [0.5, 0.6) is 5.75 Å². The van der Waals surface area contributed by atoms with Crippen LogP contribution in [0.1, 0.15) is 11.1 Å². The summed E-state index contributed by atoms with van der Waals surface area (Å²) in [6.07, 6.45) is -4.35. The van der Waals surface area contributed by atoms with E-state index in [0.717, 1.165) is 12.1 Å². The SMILES string of the molecule is C=C(CBr)c1cc(C(F)(F)F)ccc1OC. The van der Waals surface area contributed by atoms with Gasteiger partial charge in [0.2, 0.25) is 0 Å². The van der Waals surface area contributed by atoms with Gasteiger partial charge in [-0.25, -0.2) is 0 Å². The van der Waals surface area contributed by atoms with E-state index in [1.54, 1.807) is 0 Å². The monoisotopic (exact) mass is 294 g/mol. The fourth-order valence-electron chi connectivity index (χ4n) is 1.23. The van der Waals surface area contributed by atoms with Crippen molar-refractivity contribution in [1.82, 2.24) is 0 Å². The van der Waals surface area contributed by atoms with Crippen molar-refractivity contribution in [3.05, 3.63) is 35.9 Å². The topological polar surface area (TPSA) is 9.23 Å². The predicted octanol–water partition coefficient (Wildman–Crippen LogP) is 4.12. The van der Waals surface area contributed by atoms with Gasteiger partial charge in [-0.05, 0) is 23.8 Å². The maximum Gasteiger partial charge on any atom is 0.416 e. The van der Waals surface area contributed by atoms with Gasteiger partial charge >= 0.3 is 6.18 Å². The zero-order chi connectivity index (χ0) is 12.3. The van der Waals surface area contributed by atoms with E-state index in [-0.39, 0.29) is 0 Å². The molecule has 0 N–H and O–H groups in total. The standard InChI is InChI=1S/C11H10BrF3O/c1-7(6-12)9-5-8(11(13,14)15)3-4-10(9)16-2/h3-5H,1,6H2,2H3. The van der Waals surface area contributed by atoms with Crippen LogP contribution < -0.4 is 4.74 Å². The summed E-state index contributed by atoms with van der Waals surface area (Å²) in [6.45, 7) is 3.68. The van der Waals surface area contributed by atoms with Gasteiger partial charge in [0.25, 0.3) is 0 Å². The number of alkyl halides is 4. The molecule has 1 nitrogen and oxygen atoms in total. The lowest BCUT2D eigenvalue weighted by atomic mass is 10.0. The quantitative estimate of drug-likeness (QED) is 0.762. The summed E-state index contributed by atoms with van der Waals surface area (Å²) < 4.78 is 42.5. The molecule has 1 aromatic rings. The van der Waals surface area contributed by atoms with Crippen LogP contribution in [-0.2, 0) is 6.18 Å². The highest BCUT2D eigenvalue weighted by Crippen LogP contribution is 2.35. The van der Waals surface area contributed by atoms with Gasteiger partial charge < -0.3 is 4.74 Å². The lowest BCUT2D eigenvalue weighted by Gasteiger charge is -2.13. The van der Waals surface area contributed by atoms with Crippen molar-refractivity contribution in [3.8, 4) is 5.75 Å². The molecule has 88 valence electrons. The highest BCUT2D eigenvalue weighted by molar-refractivity contribution is 9.09. The van der Waals surface area contributed by atoms with Crippen LogP contribution in [0.2, 0.25) is 0 Å². The number of hydrogen-bond donors (Lipinski definition) is 0. The average Bonchev–Trinajstić information content (AvgIpc) is 2.25. The molecule has 1 aromatic carbocycles. The van der Waals surface area contributed by atoms with Crippen molar-refractivity contribution in [2.75, 3.05) is 12.4 Å². The first-order chi connectivity index (χ1) is 7.40. The molecular weight excluding hydrogens is 285 g/mol. The molecule has 1 rings (SSSR count). The summed E-state index contributed by atoms with van der Waals surface area (Å²) in [6, 6.07) is 3.33. The lowest BCUT2D eigenvalue weighted by molar-refractivity contribution is -0.137. The molecule has 16 heavy (non-hydrogen) atoms. The van der Waals surface area contributed by atoms with Crippen molar-refractivity contribution < 1.29 is 17.9 Å². The molecule has 0 saturated carbocycles. The molecule has 5 heteroatoms. The molecule has 0 heterocycles. The minimum atomic E-state index is -4.35. The second-order valence-corrected chi connectivity index (χ2v) is 3.71. The lowest BCUT2D eigenvalue weighted by Crippen LogP contribution is -2.06. The fourth-order valence-corrected chi connectivity index (χ4v) is 1.53. The Morgan fingerprint density at radius 3 is 2.50 bits per heavy atom. The molecule has 0 aliphatic rings. The van der Waals surface area contributed by atoms with Gasteiger partial charge in [0, 0.05) is 10.9 Å². The van der Waals surface area contributed by atoms with Crippen LogP contribution >= 0.6 is 15.9 Å². The highest BCUT2D eigenvalue weighted by Gasteiger charge is 2.31. The summed E-state index contributed by atoms with van der Waals surface area (Å²) in [5, 5.41) is 0.394. The first-order valence-corrected chi connectivity index (χ1v) is 5.51. The van der Waals surface area contributed by atoms with Crippen LogP contribution in [-0.4, -0.2) is 12.4 Å². The molecule has 0 spiro atoms. The number of halogens is 4. The summed E-state index contributed by atoms with van der Waals surface area (Å²) in [5.41, 5.74) is 0.211. The molecule has 0 aliphatic heterocycles. The second kappa shape index (κ2) is 4.91. The maximum atomic E-state index is 12.5. The van der Waals surface area contributed by atoms with Crippen LogP contribution in [0.3, 0.4) is 0 Å². The molecule has 0 aromatic heterocycles. The second-order valence-electron chi connectivity index (χ2n) is 3.15. The number of ether oxygens (including phenoxy) is 1. The number of methoxy groups -OCH3 is 1. The van der Waals surface area contributed by atoms with Crippen molar-refractivity contribution in [2.45, 2.75) is 6.18 Å². The largest absolute Gasteiger partial charge is 0.496 e. The van der Waals surface area contributed by atoms with Gasteiger partial charge in [-0.2, -0.15) is 13.2 Å². The fraction of sp³-hybridized carbons (Fsp3) is 0.273. The zero-order valence-electron chi connectivity index (χ0n) is 8.57. The van der Waals surface area contributed by atoms with E-state index >= 15 is 0 Å². The molecule has 0 bridgehead atoms. The number of rotatable bonds is 3. The van der Waals surface area contributed by atoms with Gasteiger partial charge in [0.05, 0.1) is 12.7 Å². The molecule has 0 atom stereocenters. The first-order valence-electron chi connectivity index (χ1n) is 4.39. The minimum Gasteiger partial charge on any atom is -0.496 e. The highest BCUT2D eigenvalue weighted by atomic mass is 79.9. The Hall–Kier alpha value is -0.970. The zero-order valence-corrected chi connectivity index (χ0v) is 10.2. The van der Waals surface area contributed by atoms with Crippen LogP contribution in [0, 0.1) is 0 Å². The Morgan fingerprint density at radius 2 is 2.06 bits per heavy atom. The van der Waals surface area contributed by atoms with Crippen molar-refractivity contribution >= 4 is 21.5 Å². The van der Waals surface area contributed by atoms with Crippen molar-refractivity contribution in [1.29, 1.82) is 0 Å². The molecule has 0 radical (unpaired) electrons. The minimum absolute atomic E-state index is 0.370. The Bertz CT molecular complexity index is 399. The number of allylic oxidation sites excluding steroid dienone is 1. The van der Waals surface area contributed by atoms with Gasteiger partial charge in [0.1, 0.15) is 5.75 Å². The number of benzene rings is 1. The summed E-state index contributed by atoms with van der Waals surface area (Å²) in [4.78, 5) is 0. The van der Waals surface area contributed by atoms with Gasteiger partial charge in [-0.1, -0.05) is 22.5 Å². The Kier molecular flexibility index (Phi) is 4.02. The van der Waals surface area contributed by atoms with Crippen LogP contribution in [0.15, 0.2) is 24.8 Å². The molecule has 0 saturated heterocycles. The third kappa shape index (κ3) is 2.78. The average molecular weight is 295 g/mol. The van der Waals surface area contributed by atoms with Gasteiger partial charge in [0.15, 0.2) is 0 Å². The van der Waals surface area contributed by atoms with E-state index in [1.807, 2.05) is 0 Å². The van der Waals surface area contributed by atoms with Crippen molar-refractivity contribution in [3.63, 3.8) is 0 Å². The Balaban J connectivity index is 3.27. The van der Waals surface area contributed by atoms with Gasteiger partial charge in [-0.3, -0.25) is 0 Å².